The quantitative estimate of drug-likeness (QED) is 0.572. The zero-order chi connectivity index (χ0) is 15.6. The minimum atomic E-state index is -4.75. The Hall–Kier alpha value is -0.900. The Kier molecular flexibility index (Phi) is 5.36. The molecule has 0 saturated carbocycles. The molecule has 0 radical (unpaired) electrons. The fourth-order valence-electron chi connectivity index (χ4n) is 1.27. The van der Waals surface area contributed by atoms with Crippen LogP contribution in [0.4, 0.5) is 26.3 Å². The molecule has 0 saturated heterocycles. The monoisotopic (exact) mass is 338 g/mol. The van der Waals surface area contributed by atoms with Gasteiger partial charge in [-0.2, -0.15) is 26.3 Å². The first-order chi connectivity index (χ1) is 9.07. The van der Waals surface area contributed by atoms with Gasteiger partial charge in [0.25, 0.3) is 0 Å². The van der Waals surface area contributed by atoms with Gasteiger partial charge in [-0.1, -0.05) is 0 Å². The van der Waals surface area contributed by atoms with E-state index >= 15 is 0 Å². The van der Waals surface area contributed by atoms with Gasteiger partial charge in [0.15, 0.2) is 0 Å². The summed E-state index contributed by atoms with van der Waals surface area (Å²) >= 11 is -1.35. The summed E-state index contributed by atoms with van der Waals surface area (Å²) in [6, 6.07) is 2.24. The lowest BCUT2D eigenvalue weighted by Crippen LogP contribution is -2.05. The van der Waals surface area contributed by atoms with Gasteiger partial charge in [-0.25, -0.2) is 0 Å². The number of halogens is 6. The summed E-state index contributed by atoms with van der Waals surface area (Å²) < 4.78 is 84.3. The standard InChI is InChI=1S/C10H8F6O2S2/c1-17-5-3-4-6(18-2)8(20-10(14,15)16)7(5)19-9(11,12)13/h3-4H,1-2H3. The Morgan fingerprint density at radius 2 is 1.05 bits per heavy atom. The van der Waals surface area contributed by atoms with Crippen LogP contribution >= 0.6 is 23.5 Å². The van der Waals surface area contributed by atoms with Crippen molar-refractivity contribution in [1.82, 2.24) is 0 Å². The van der Waals surface area contributed by atoms with E-state index in [0.29, 0.717) is 0 Å². The van der Waals surface area contributed by atoms with Gasteiger partial charge in [0, 0.05) is 0 Å². The highest BCUT2D eigenvalue weighted by atomic mass is 32.2. The second-order valence-electron chi connectivity index (χ2n) is 3.22. The first-order valence-corrected chi connectivity index (χ1v) is 6.47. The normalized spacial score (nSPS) is 12.4. The van der Waals surface area contributed by atoms with Crippen molar-refractivity contribution in [3.05, 3.63) is 12.1 Å². The second-order valence-corrected chi connectivity index (χ2v) is 5.37. The van der Waals surface area contributed by atoms with Crippen molar-refractivity contribution in [2.45, 2.75) is 20.8 Å². The largest absolute Gasteiger partial charge is 0.496 e. The average molecular weight is 338 g/mol. The van der Waals surface area contributed by atoms with Crippen LogP contribution in [0.3, 0.4) is 0 Å². The van der Waals surface area contributed by atoms with Crippen molar-refractivity contribution in [2.75, 3.05) is 14.2 Å². The van der Waals surface area contributed by atoms with Crippen molar-refractivity contribution < 1.29 is 35.8 Å². The van der Waals surface area contributed by atoms with Gasteiger partial charge < -0.3 is 9.47 Å². The van der Waals surface area contributed by atoms with E-state index in [4.69, 9.17) is 0 Å². The SMILES string of the molecule is COc1ccc(OC)c(SC(F)(F)F)c1SC(F)(F)F. The molecule has 0 fully saturated rings. The van der Waals surface area contributed by atoms with E-state index in [9.17, 15) is 26.3 Å². The number of hydrogen-bond donors (Lipinski definition) is 0. The first kappa shape index (κ1) is 17.2. The van der Waals surface area contributed by atoms with E-state index in [2.05, 4.69) is 9.47 Å². The van der Waals surface area contributed by atoms with Crippen LogP contribution in [0, 0.1) is 0 Å². The number of hydrogen-bond acceptors (Lipinski definition) is 4. The van der Waals surface area contributed by atoms with Gasteiger partial charge in [-0.15, -0.1) is 0 Å². The van der Waals surface area contributed by atoms with Crippen LogP contribution in [0.5, 0.6) is 11.5 Å². The number of benzene rings is 1. The molecule has 0 bridgehead atoms. The number of rotatable bonds is 4. The first-order valence-electron chi connectivity index (χ1n) is 4.84. The van der Waals surface area contributed by atoms with Crippen molar-refractivity contribution in [1.29, 1.82) is 0 Å². The second kappa shape index (κ2) is 6.25. The van der Waals surface area contributed by atoms with Gasteiger partial charge >= 0.3 is 11.0 Å². The van der Waals surface area contributed by atoms with Crippen LogP contribution in [-0.4, -0.2) is 25.2 Å². The summed E-state index contributed by atoms with van der Waals surface area (Å²) in [5, 5.41) is 0. The molecule has 114 valence electrons. The third-order valence-corrected chi connectivity index (χ3v) is 3.73. The summed E-state index contributed by atoms with van der Waals surface area (Å²) in [4.78, 5) is -1.36. The smallest absolute Gasteiger partial charge is 0.446 e. The molecule has 0 unspecified atom stereocenters. The molecule has 0 aliphatic rings. The summed E-state index contributed by atoms with van der Waals surface area (Å²) in [6.07, 6.45) is 0. The van der Waals surface area contributed by atoms with Crippen molar-refractivity contribution in [3.8, 4) is 11.5 Å². The number of thioether (sulfide) groups is 2. The van der Waals surface area contributed by atoms with Gasteiger partial charge in [-0.3, -0.25) is 0 Å². The zero-order valence-corrected chi connectivity index (χ0v) is 11.7. The predicted molar refractivity (Wildman–Crippen MR) is 63.4 cm³/mol. The maximum atomic E-state index is 12.5. The lowest BCUT2D eigenvalue weighted by atomic mass is 10.3. The molecule has 1 aromatic rings. The third-order valence-electron chi connectivity index (χ3n) is 1.92. The third kappa shape index (κ3) is 4.89. The Bertz CT molecular complexity index is 429. The fraction of sp³-hybridized carbons (Fsp3) is 0.400. The summed E-state index contributed by atoms with van der Waals surface area (Å²) in [7, 11) is 2.15. The molecule has 0 aromatic heterocycles. The molecule has 0 atom stereocenters. The molecular weight excluding hydrogens is 330 g/mol. The van der Waals surface area contributed by atoms with Crippen LogP contribution in [0.25, 0.3) is 0 Å². The molecule has 0 aliphatic heterocycles. The molecule has 20 heavy (non-hydrogen) atoms. The van der Waals surface area contributed by atoms with E-state index in [1.54, 1.807) is 0 Å². The Labute approximate surface area is 118 Å². The van der Waals surface area contributed by atoms with Crippen molar-refractivity contribution in [3.63, 3.8) is 0 Å². The molecule has 10 heteroatoms. The molecule has 2 nitrogen and oxygen atoms in total. The average Bonchev–Trinajstić information content (AvgIpc) is 2.27. The highest BCUT2D eigenvalue weighted by molar-refractivity contribution is 8.03. The fourth-order valence-corrected chi connectivity index (χ4v) is 2.88. The lowest BCUT2D eigenvalue weighted by Gasteiger charge is -2.18. The number of methoxy groups -OCH3 is 2. The molecule has 1 aromatic carbocycles. The molecule has 1 rings (SSSR count). The molecule has 0 aliphatic carbocycles. The van der Waals surface area contributed by atoms with Crippen molar-refractivity contribution >= 4 is 23.5 Å². The van der Waals surface area contributed by atoms with Crippen molar-refractivity contribution in [2.24, 2.45) is 0 Å². The van der Waals surface area contributed by atoms with Crippen LogP contribution in [-0.2, 0) is 0 Å². The van der Waals surface area contributed by atoms with Crippen LogP contribution < -0.4 is 9.47 Å². The molecule has 0 N–H and O–H groups in total. The lowest BCUT2D eigenvalue weighted by molar-refractivity contribution is -0.0347. The Morgan fingerprint density at radius 3 is 1.25 bits per heavy atom. The predicted octanol–water partition coefficient (Wildman–Crippen LogP) is 4.93. The molecule has 0 heterocycles. The minimum Gasteiger partial charge on any atom is -0.496 e. The van der Waals surface area contributed by atoms with Gasteiger partial charge in [0.05, 0.1) is 24.0 Å². The zero-order valence-electron chi connectivity index (χ0n) is 10.1. The minimum absolute atomic E-state index is 0.306. The number of ether oxygens (including phenoxy) is 2. The van der Waals surface area contributed by atoms with E-state index < -0.39 is 44.3 Å². The van der Waals surface area contributed by atoms with E-state index in [1.807, 2.05) is 0 Å². The van der Waals surface area contributed by atoms with E-state index in [0.717, 1.165) is 26.4 Å². The maximum Gasteiger partial charge on any atom is 0.446 e. The maximum absolute atomic E-state index is 12.5. The van der Waals surface area contributed by atoms with Crippen LogP contribution in [0.15, 0.2) is 21.9 Å². The van der Waals surface area contributed by atoms with Crippen LogP contribution in [0.1, 0.15) is 0 Å². The summed E-state index contributed by atoms with van der Waals surface area (Å²) in [6.45, 7) is 0. The van der Waals surface area contributed by atoms with Gasteiger partial charge in [0.1, 0.15) is 11.5 Å². The summed E-state index contributed by atoms with van der Waals surface area (Å²) in [5.41, 5.74) is -9.50. The highest BCUT2D eigenvalue weighted by Gasteiger charge is 2.38. The number of alkyl halides is 6. The van der Waals surface area contributed by atoms with Crippen LogP contribution in [0.2, 0.25) is 0 Å². The molecular formula is C10H8F6O2S2. The topological polar surface area (TPSA) is 18.5 Å². The van der Waals surface area contributed by atoms with E-state index in [-0.39, 0.29) is 11.5 Å². The van der Waals surface area contributed by atoms with Gasteiger partial charge in [0.2, 0.25) is 0 Å². The Balaban J connectivity index is 3.40. The highest BCUT2D eigenvalue weighted by Crippen LogP contribution is 2.52. The molecule has 0 spiro atoms. The van der Waals surface area contributed by atoms with Gasteiger partial charge in [-0.05, 0) is 35.7 Å². The summed E-state index contributed by atoms with van der Waals surface area (Å²) in [5.74, 6) is -0.611. The molecule has 0 amide bonds. The Morgan fingerprint density at radius 1 is 0.750 bits per heavy atom. The van der Waals surface area contributed by atoms with E-state index in [1.165, 1.54) is 0 Å².